The fourth-order valence-electron chi connectivity index (χ4n) is 2.60. The molecule has 0 atom stereocenters. The smallest absolute Gasteiger partial charge is 0.161 e. The maximum Gasteiger partial charge on any atom is 0.161 e. The van der Waals surface area contributed by atoms with Crippen LogP contribution in [-0.4, -0.2) is 0 Å². The molecule has 4 heteroatoms. The molecule has 0 spiro atoms. The van der Waals surface area contributed by atoms with Crippen molar-refractivity contribution in [3.05, 3.63) is 76.6 Å². The number of halogens is 4. The van der Waals surface area contributed by atoms with Crippen molar-refractivity contribution < 1.29 is 17.6 Å². The molecule has 0 N–H and O–H groups in total. The molecule has 2 rings (SSSR count). The van der Waals surface area contributed by atoms with Crippen molar-refractivity contribution in [2.75, 3.05) is 0 Å². The van der Waals surface area contributed by atoms with Gasteiger partial charge in [0.15, 0.2) is 17.5 Å². The predicted octanol–water partition coefficient (Wildman–Crippen LogP) is 6.94. The van der Waals surface area contributed by atoms with E-state index in [1.807, 2.05) is 6.92 Å². The van der Waals surface area contributed by atoms with Gasteiger partial charge >= 0.3 is 0 Å². The third-order valence-electron chi connectivity index (χ3n) is 4.13. The number of rotatable bonds is 8. The summed E-state index contributed by atoms with van der Waals surface area (Å²) in [6.45, 7) is 2.01. The van der Waals surface area contributed by atoms with Gasteiger partial charge in [-0.3, -0.25) is 0 Å². The first-order valence-electron chi connectivity index (χ1n) is 8.58. The van der Waals surface area contributed by atoms with Gasteiger partial charge in [0.2, 0.25) is 0 Å². The van der Waals surface area contributed by atoms with Crippen molar-refractivity contribution in [2.45, 2.75) is 45.4 Å². The number of benzene rings is 2. The molecular formula is C21H22F4. The van der Waals surface area contributed by atoms with E-state index in [9.17, 15) is 17.6 Å². The van der Waals surface area contributed by atoms with E-state index in [1.54, 1.807) is 30.3 Å². The van der Waals surface area contributed by atoms with Crippen LogP contribution in [0.15, 0.2) is 48.3 Å². The van der Waals surface area contributed by atoms with Crippen LogP contribution >= 0.6 is 0 Å². The molecule has 0 aliphatic rings. The van der Waals surface area contributed by atoms with E-state index < -0.39 is 23.3 Å². The molecule has 0 bridgehead atoms. The van der Waals surface area contributed by atoms with E-state index in [-0.39, 0.29) is 12.0 Å². The number of hydrogen-bond donors (Lipinski definition) is 0. The molecule has 2 aromatic carbocycles. The number of aryl methyl sites for hydroxylation is 2. The zero-order valence-corrected chi connectivity index (χ0v) is 14.3. The Balaban J connectivity index is 1.97. The first-order chi connectivity index (χ1) is 12.0. The van der Waals surface area contributed by atoms with Crippen LogP contribution in [0.1, 0.15) is 49.3 Å². The topological polar surface area (TPSA) is 0 Å². The molecule has 0 radical (unpaired) electrons. The third kappa shape index (κ3) is 5.73. The minimum Gasteiger partial charge on any atom is -0.209 e. The lowest BCUT2D eigenvalue weighted by Crippen LogP contribution is -1.94. The summed E-state index contributed by atoms with van der Waals surface area (Å²) in [5.41, 5.74) is 1.84. The maximum absolute atomic E-state index is 14.0. The summed E-state index contributed by atoms with van der Waals surface area (Å²) in [6.07, 6.45) is 3.75. The highest BCUT2D eigenvalue weighted by Gasteiger charge is 2.09. The van der Waals surface area contributed by atoms with Gasteiger partial charge in [0.1, 0.15) is 5.83 Å². The van der Waals surface area contributed by atoms with E-state index in [4.69, 9.17) is 0 Å². The van der Waals surface area contributed by atoms with Crippen LogP contribution in [0.2, 0.25) is 0 Å². The lowest BCUT2D eigenvalue weighted by molar-refractivity contribution is 0.507. The summed E-state index contributed by atoms with van der Waals surface area (Å²) in [5.74, 6) is -3.24. The molecule has 0 saturated heterocycles. The van der Waals surface area contributed by atoms with Crippen molar-refractivity contribution >= 4 is 5.83 Å². The van der Waals surface area contributed by atoms with Crippen LogP contribution in [-0.2, 0) is 12.8 Å². The van der Waals surface area contributed by atoms with Crippen LogP contribution in [0, 0.1) is 11.6 Å². The Kier molecular flexibility index (Phi) is 7.23. The standard InChI is InChI=1S/C21H22F4/c1-2-3-4-5-19(23)21(25)17-11-8-15(9-12-17)6-7-16-10-13-18(22)20(24)14-16/h8-14H,2-7H2,1H3. The van der Waals surface area contributed by atoms with Crippen LogP contribution in [0.5, 0.6) is 0 Å². The number of unbranched alkanes of at least 4 members (excludes halogenated alkanes) is 2. The van der Waals surface area contributed by atoms with E-state index in [1.165, 1.54) is 6.07 Å². The Hall–Kier alpha value is -2.10. The van der Waals surface area contributed by atoms with Crippen molar-refractivity contribution in [3.63, 3.8) is 0 Å². The van der Waals surface area contributed by atoms with Gasteiger partial charge in [-0.25, -0.2) is 17.6 Å². The molecule has 0 aromatic heterocycles. The van der Waals surface area contributed by atoms with Gasteiger partial charge in [0, 0.05) is 12.0 Å². The van der Waals surface area contributed by atoms with Gasteiger partial charge in [-0.05, 0) is 42.5 Å². The molecule has 2 aromatic rings. The summed E-state index contributed by atoms with van der Waals surface area (Å²) in [7, 11) is 0. The Bertz CT molecular complexity index is 717. The maximum atomic E-state index is 14.0. The second kappa shape index (κ2) is 9.40. The fourth-order valence-corrected chi connectivity index (χ4v) is 2.60. The molecule has 0 aliphatic heterocycles. The van der Waals surface area contributed by atoms with Crippen molar-refractivity contribution in [3.8, 4) is 0 Å². The highest BCUT2D eigenvalue weighted by Crippen LogP contribution is 2.25. The fraction of sp³-hybridized carbons (Fsp3) is 0.333. The van der Waals surface area contributed by atoms with Crippen LogP contribution in [0.3, 0.4) is 0 Å². The van der Waals surface area contributed by atoms with E-state index >= 15 is 0 Å². The lowest BCUT2D eigenvalue weighted by Gasteiger charge is -2.05. The molecule has 0 unspecified atom stereocenters. The Morgan fingerprint density at radius 1 is 0.800 bits per heavy atom. The van der Waals surface area contributed by atoms with Crippen LogP contribution in [0.4, 0.5) is 17.6 Å². The van der Waals surface area contributed by atoms with Crippen LogP contribution < -0.4 is 0 Å². The molecule has 0 nitrogen and oxygen atoms in total. The molecule has 0 aliphatic carbocycles. The summed E-state index contributed by atoms with van der Waals surface area (Å²) in [5, 5.41) is 0. The van der Waals surface area contributed by atoms with Crippen molar-refractivity contribution in [1.29, 1.82) is 0 Å². The molecule has 0 fully saturated rings. The van der Waals surface area contributed by atoms with E-state index in [0.29, 0.717) is 24.8 Å². The van der Waals surface area contributed by atoms with E-state index in [2.05, 4.69) is 0 Å². The minimum atomic E-state index is -0.865. The van der Waals surface area contributed by atoms with Gasteiger partial charge in [-0.15, -0.1) is 0 Å². The summed E-state index contributed by atoms with van der Waals surface area (Å²) in [6, 6.07) is 10.4. The minimum absolute atomic E-state index is 0.123. The van der Waals surface area contributed by atoms with Gasteiger partial charge in [0.25, 0.3) is 0 Å². The van der Waals surface area contributed by atoms with Crippen molar-refractivity contribution in [2.24, 2.45) is 0 Å². The molecule has 25 heavy (non-hydrogen) atoms. The SMILES string of the molecule is CCCCCC(F)=C(F)c1ccc(CCc2ccc(F)c(F)c2)cc1. The lowest BCUT2D eigenvalue weighted by atomic mass is 10.0. The molecule has 0 saturated carbocycles. The van der Waals surface area contributed by atoms with Crippen LogP contribution in [0.25, 0.3) is 5.83 Å². The second-order valence-corrected chi connectivity index (χ2v) is 6.12. The first kappa shape index (κ1) is 19.2. The normalized spacial score (nSPS) is 12.2. The van der Waals surface area contributed by atoms with Gasteiger partial charge < -0.3 is 0 Å². The summed E-state index contributed by atoms with van der Waals surface area (Å²) < 4.78 is 53.9. The predicted molar refractivity (Wildman–Crippen MR) is 93.5 cm³/mol. The molecular weight excluding hydrogens is 328 g/mol. The average molecular weight is 350 g/mol. The van der Waals surface area contributed by atoms with Crippen molar-refractivity contribution in [1.82, 2.24) is 0 Å². The van der Waals surface area contributed by atoms with Gasteiger partial charge in [-0.2, -0.15) is 0 Å². The van der Waals surface area contributed by atoms with Gasteiger partial charge in [-0.1, -0.05) is 50.1 Å². The Morgan fingerprint density at radius 2 is 1.44 bits per heavy atom. The quantitative estimate of drug-likeness (QED) is 0.357. The second-order valence-electron chi connectivity index (χ2n) is 6.12. The average Bonchev–Trinajstić information content (AvgIpc) is 2.62. The number of hydrogen-bond acceptors (Lipinski definition) is 0. The summed E-state index contributed by atoms with van der Waals surface area (Å²) in [4.78, 5) is 0. The molecule has 134 valence electrons. The first-order valence-corrected chi connectivity index (χ1v) is 8.58. The highest BCUT2D eigenvalue weighted by atomic mass is 19.2. The highest BCUT2D eigenvalue weighted by molar-refractivity contribution is 5.61. The Labute approximate surface area is 146 Å². The molecule has 0 heterocycles. The Morgan fingerprint density at radius 3 is 2.08 bits per heavy atom. The summed E-state index contributed by atoms with van der Waals surface area (Å²) >= 11 is 0. The monoisotopic (exact) mass is 350 g/mol. The van der Waals surface area contributed by atoms with Gasteiger partial charge in [0.05, 0.1) is 0 Å². The molecule has 0 amide bonds. The largest absolute Gasteiger partial charge is 0.209 e. The zero-order valence-electron chi connectivity index (χ0n) is 14.3. The zero-order chi connectivity index (χ0) is 18.2. The number of allylic oxidation sites excluding steroid dienone is 1. The van der Waals surface area contributed by atoms with E-state index in [0.717, 1.165) is 24.5 Å². The third-order valence-corrected chi connectivity index (χ3v) is 4.13.